The molecule has 0 aliphatic carbocycles. The molecule has 6 heteroatoms. The fourth-order valence-electron chi connectivity index (χ4n) is 2.18. The zero-order valence-electron chi connectivity index (χ0n) is 10.5. The van der Waals surface area contributed by atoms with E-state index in [-0.39, 0.29) is 10.6 Å². The maximum absolute atomic E-state index is 11.1. The topological polar surface area (TPSA) is 49.6 Å². The maximum Gasteiger partial charge on any atom is 0.293 e. The van der Waals surface area contributed by atoms with Crippen LogP contribution in [0.2, 0.25) is 0 Å². The van der Waals surface area contributed by atoms with Gasteiger partial charge in [0.1, 0.15) is 5.69 Å². The van der Waals surface area contributed by atoms with Crippen LogP contribution < -0.4 is 4.90 Å². The smallest absolute Gasteiger partial charge is 0.293 e. The molecule has 1 saturated heterocycles. The van der Waals surface area contributed by atoms with E-state index in [1.807, 2.05) is 12.1 Å². The minimum absolute atomic E-state index is 0.168. The Labute approximate surface area is 115 Å². The molecule has 0 spiro atoms. The Kier molecular flexibility index (Phi) is 3.87. The second-order valence-electron chi connectivity index (χ2n) is 4.67. The summed E-state index contributed by atoms with van der Waals surface area (Å²) < 4.78 is 0.736. The van der Waals surface area contributed by atoms with Gasteiger partial charge in [0.15, 0.2) is 0 Å². The predicted molar refractivity (Wildman–Crippen MR) is 75.1 cm³/mol. The number of hydrogen-bond donors (Lipinski definition) is 0. The van der Waals surface area contributed by atoms with E-state index < -0.39 is 0 Å². The number of nitro benzene ring substituents is 1. The lowest BCUT2D eigenvalue weighted by Crippen LogP contribution is -2.50. The molecule has 0 unspecified atom stereocenters. The van der Waals surface area contributed by atoms with Gasteiger partial charge >= 0.3 is 0 Å². The molecule has 98 valence electrons. The molecule has 0 aromatic heterocycles. The third kappa shape index (κ3) is 2.64. The summed E-state index contributed by atoms with van der Waals surface area (Å²) >= 11 is 3.28. The zero-order chi connectivity index (χ0) is 13.3. The lowest BCUT2D eigenvalue weighted by Gasteiger charge is -2.38. The van der Waals surface area contributed by atoms with Crippen LogP contribution in [0.3, 0.4) is 0 Å². The SMILES string of the molecule is C[C@@H]1CN(c2ccc(Br)cc2[N+](=O)[O-])CCN1C. The monoisotopic (exact) mass is 313 g/mol. The number of halogens is 1. The molecular weight excluding hydrogens is 298 g/mol. The number of rotatable bonds is 2. The van der Waals surface area contributed by atoms with Crippen molar-refractivity contribution in [3.05, 3.63) is 32.8 Å². The normalized spacial score (nSPS) is 21.1. The summed E-state index contributed by atoms with van der Waals surface area (Å²) in [5, 5.41) is 11.1. The van der Waals surface area contributed by atoms with Crippen LogP contribution in [-0.4, -0.2) is 42.5 Å². The molecule has 0 amide bonds. The van der Waals surface area contributed by atoms with Crippen molar-refractivity contribution in [2.75, 3.05) is 31.6 Å². The van der Waals surface area contributed by atoms with E-state index in [4.69, 9.17) is 0 Å². The largest absolute Gasteiger partial charge is 0.363 e. The molecule has 1 aliphatic rings. The third-order valence-electron chi connectivity index (χ3n) is 3.43. The lowest BCUT2D eigenvalue weighted by atomic mass is 10.1. The number of piperazine rings is 1. The van der Waals surface area contributed by atoms with Crippen molar-refractivity contribution in [2.45, 2.75) is 13.0 Å². The van der Waals surface area contributed by atoms with Crippen LogP contribution >= 0.6 is 15.9 Å². The molecule has 18 heavy (non-hydrogen) atoms. The summed E-state index contributed by atoms with van der Waals surface area (Å²) in [6.45, 7) is 4.70. The van der Waals surface area contributed by atoms with Gasteiger partial charge in [-0.2, -0.15) is 0 Å². The highest BCUT2D eigenvalue weighted by Crippen LogP contribution is 2.32. The van der Waals surface area contributed by atoms with Gasteiger partial charge in [0.25, 0.3) is 5.69 Å². The van der Waals surface area contributed by atoms with Crippen molar-refractivity contribution in [3.63, 3.8) is 0 Å². The second-order valence-corrected chi connectivity index (χ2v) is 5.58. The average Bonchev–Trinajstić information content (AvgIpc) is 2.32. The van der Waals surface area contributed by atoms with Crippen LogP contribution in [0.4, 0.5) is 11.4 Å². The summed E-state index contributed by atoms with van der Waals surface area (Å²) in [7, 11) is 2.08. The standard InChI is InChI=1S/C12H16BrN3O2/c1-9-8-15(6-5-14(9)2)11-4-3-10(13)7-12(11)16(17)18/h3-4,7,9H,5-6,8H2,1-2H3/t9-/m1/s1. The molecule has 5 nitrogen and oxygen atoms in total. The first kappa shape index (κ1) is 13.3. The van der Waals surface area contributed by atoms with Crippen molar-refractivity contribution < 1.29 is 4.92 Å². The van der Waals surface area contributed by atoms with Crippen molar-refractivity contribution in [3.8, 4) is 0 Å². The van der Waals surface area contributed by atoms with Gasteiger partial charge in [0.2, 0.25) is 0 Å². The van der Waals surface area contributed by atoms with Crippen molar-refractivity contribution in [2.24, 2.45) is 0 Å². The van der Waals surface area contributed by atoms with E-state index in [0.717, 1.165) is 24.1 Å². The Bertz CT molecular complexity index is 467. The van der Waals surface area contributed by atoms with E-state index >= 15 is 0 Å². The van der Waals surface area contributed by atoms with E-state index in [9.17, 15) is 10.1 Å². The number of anilines is 1. The highest BCUT2D eigenvalue weighted by atomic mass is 79.9. The number of benzene rings is 1. The van der Waals surface area contributed by atoms with Crippen LogP contribution in [0.15, 0.2) is 22.7 Å². The molecule has 0 radical (unpaired) electrons. The van der Waals surface area contributed by atoms with Gasteiger partial charge in [-0.15, -0.1) is 0 Å². The second kappa shape index (κ2) is 5.24. The Morgan fingerprint density at radius 1 is 1.44 bits per heavy atom. The highest BCUT2D eigenvalue weighted by molar-refractivity contribution is 9.10. The van der Waals surface area contributed by atoms with Gasteiger partial charge in [-0.05, 0) is 26.1 Å². The number of hydrogen-bond acceptors (Lipinski definition) is 4. The van der Waals surface area contributed by atoms with E-state index in [1.54, 1.807) is 6.07 Å². The molecule has 1 atom stereocenters. The van der Waals surface area contributed by atoms with Gasteiger partial charge in [-0.3, -0.25) is 10.1 Å². The van der Waals surface area contributed by atoms with Crippen LogP contribution in [0.5, 0.6) is 0 Å². The minimum Gasteiger partial charge on any atom is -0.363 e. The summed E-state index contributed by atoms with van der Waals surface area (Å²) in [5.74, 6) is 0. The molecule has 1 aromatic rings. The number of nitro groups is 1. The van der Waals surface area contributed by atoms with Crippen LogP contribution in [0.1, 0.15) is 6.92 Å². The van der Waals surface area contributed by atoms with Crippen LogP contribution in [-0.2, 0) is 0 Å². The molecule has 1 fully saturated rings. The van der Waals surface area contributed by atoms with Gasteiger partial charge in [0.05, 0.1) is 4.92 Å². The van der Waals surface area contributed by atoms with E-state index in [0.29, 0.717) is 11.7 Å². The molecule has 1 aliphatic heterocycles. The third-order valence-corrected chi connectivity index (χ3v) is 3.93. The predicted octanol–water partition coefficient (Wildman–Crippen LogP) is 2.50. The summed E-state index contributed by atoms with van der Waals surface area (Å²) in [4.78, 5) is 15.2. The summed E-state index contributed by atoms with van der Waals surface area (Å²) in [6.07, 6.45) is 0. The fraction of sp³-hybridized carbons (Fsp3) is 0.500. The molecule has 1 aromatic carbocycles. The van der Waals surface area contributed by atoms with Gasteiger partial charge in [-0.25, -0.2) is 0 Å². The fourth-order valence-corrected chi connectivity index (χ4v) is 2.53. The quantitative estimate of drug-likeness (QED) is 0.622. The highest BCUT2D eigenvalue weighted by Gasteiger charge is 2.26. The van der Waals surface area contributed by atoms with Crippen LogP contribution in [0.25, 0.3) is 0 Å². The Morgan fingerprint density at radius 2 is 2.17 bits per heavy atom. The first-order valence-corrected chi connectivity index (χ1v) is 6.67. The van der Waals surface area contributed by atoms with Crippen LogP contribution in [0, 0.1) is 10.1 Å². The first-order chi connectivity index (χ1) is 8.49. The average molecular weight is 314 g/mol. The van der Waals surface area contributed by atoms with Gasteiger partial charge in [0, 0.05) is 36.2 Å². The Morgan fingerprint density at radius 3 is 2.78 bits per heavy atom. The number of likely N-dealkylation sites (N-methyl/N-ethyl adjacent to an activating group) is 1. The van der Waals surface area contributed by atoms with Gasteiger partial charge in [-0.1, -0.05) is 15.9 Å². The Hall–Kier alpha value is -1.14. The minimum atomic E-state index is -0.316. The molecular formula is C12H16BrN3O2. The summed E-state index contributed by atoms with van der Waals surface area (Å²) in [5.41, 5.74) is 0.879. The van der Waals surface area contributed by atoms with Gasteiger partial charge < -0.3 is 9.80 Å². The van der Waals surface area contributed by atoms with Crippen molar-refractivity contribution >= 4 is 27.3 Å². The maximum atomic E-state index is 11.1. The molecule has 0 bridgehead atoms. The van der Waals surface area contributed by atoms with E-state index in [2.05, 4.69) is 39.7 Å². The summed E-state index contributed by atoms with van der Waals surface area (Å²) in [6, 6.07) is 5.64. The molecule has 1 heterocycles. The number of nitrogens with zero attached hydrogens (tertiary/aromatic N) is 3. The van der Waals surface area contributed by atoms with E-state index in [1.165, 1.54) is 0 Å². The molecule has 0 N–H and O–H groups in total. The molecule has 2 rings (SSSR count). The van der Waals surface area contributed by atoms with Crippen molar-refractivity contribution in [1.29, 1.82) is 0 Å². The first-order valence-electron chi connectivity index (χ1n) is 5.88. The zero-order valence-corrected chi connectivity index (χ0v) is 12.1. The van der Waals surface area contributed by atoms with Crippen molar-refractivity contribution in [1.82, 2.24) is 4.90 Å². The Balaban J connectivity index is 2.30. The lowest BCUT2D eigenvalue weighted by molar-refractivity contribution is -0.384. The molecule has 0 saturated carbocycles.